The largest absolute Gasteiger partial charge is 0.504 e. The zero-order valence-corrected chi connectivity index (χ0v) is 12.8. The van der Waals surface area contributed by atoms with Gasteiger partial charge in [0, 0.05) is 17.7 Å². The zero-order chi connectivity index (χ0) is 17.5. The number of benzene rings is 2. The van der Waals surface area contributed by atoms with Crippen molar-refractivity contribution in [2.24, 2.45) is 5.10 Å². The number of phenols is 1. The number of nitro benzene ring substituents is 1. The van der Waals surface area contributed by atoms with Gasteiger partial charge in [0.15, 0.2) is 11.5 Å². The number of hydrazone groups is 1. The van der Waals surface area contributed by atoms with Crippen LogP contribution in [0.5, 0.6) is 11.5 Å². The maximum atomic E-state index is 11.9. The second kappa shape index (κ2) is 7.73. The van der Waals surface area contributed by atoms with E-state index in [4.69, 9.17) is 4.74 Å². The summed E-state index contributed by atoms with van der Waals surface area (Å²) in [5.74, 6) is -0.250. The number of non-ortho nitro benzene ring substituents is 1. The van der Waals surface area contributed by atoms with Crippen molar-refractivity contribution in [1.82, 2.24) is 5.43 Å². The van der Waals surface area contributed by atoms with Crippen molar-refractivity contribution in [3.8, 4) is 11.5 Å². The lowest BCUT2D eigenvalue weighted by Gasteiger charge is -2.06. The highest BCUT2D eigenvalue weighted by molar-refractivity contribution is 5.95. The fourth-order valence-electron chi connectivity index (χ4n) is 1.87. The molecule has 0 spiro atoms. The Balaban J connectivity index is 2.06. The van der Waals surface area contributed by atoms with Crippen molar-refractivity contribution >= 4 is 17.8 Å². The minimum absolute atomic E-state index is 0.00892. The SMILES string of the molecule is CCOc1cc(/C=N/NC(=O)c2cccc([N+](=O)[O-])c2)ccc1O. The van der Waals surface area contributed by atoms with Crippen LogP contribution < -0.4 is 10.2 Å². The van der Waals surface area contributed by atoms with Gasteiger partial charge in [-0.2, -0.15) is 5.10 Å². The number of amides is 1. The fourth-order valence-corrected chi connectivity index (χ4v) is 1.87. The molecular weight excluding hydrogens is 314 g/mol. The summed E-state index contributed by atoms with van der Waals surface area (Å²) in [6, 6.07) is 9.96. The van der Waals surface area contributed by atoms with Crippen LogP contribution in [-0.2, 0) is 0 Å². The molecule has 0 aromatic heterocycles. The smallest absolute Gasteiger partial charge is 0.271 e. The molecule has 0 bridgehead atoms. The Morgan fingerprint density at radius 1 is 1.38 bits per heavy atom. The van der Waals surface area contributed by atoms with Crippen LogP contribution >= 0.6 is 0 Å². The second-order valence-corrected chi connectivity index (χ2v) is 4.67. The van der Waals surface area contributed by atoms with E-state index in [1.165, 1.54) is 36.5 Å². The Morgan fingerprint density at radius 2 is 2.17 bits per heavy atom. The minimum atomic E-state index is -0.578. The summed E-state index contributed by atoms with van der Waals surface area (Å²) in [4.78, 5) is 22.0. The first-order valence-corrected chi connectivity index (χ1v) is 7.05. The Kier molecular flexibility index (Phi) is 5.45. The number of carbonyl (C=O) groups is 1. The highest BCUT2D eigenvalue weighted by Crippen LogP contribution is 2.26. The van der Waals surface area contributed by atoms with Crippen LogP contribution in [0.2, 0.25) is 0 Å². The number of phenolic OH excluding ortho intramolecular Hbond substituents is 1. The Bertz CT molecular complexity index is 789. The Labute approximate surface area is 137 Å². The maximum absolute atomic E-state index is 11.9. The van der Waals surface area contributed by atoms with E-state index in [-0.39, 0.29) is 17.0 Å². The molecule has 0 aliphatic rings. The summed E-state index contributed by atoms with van der Waals surface area (Å²) in [6.07, 6.45) is 1.37. The van der Waals surface area contributed by atoms with E-state index in [9.17, 15) is 20.0 Å². The molecule has 8 nitrogen and oxygen atoms in total. The van der Waals surface area contributed by atoms with E-state index in [2.05, 4.69) is 10.5 Å². The number of rotatable bonds is 6. The van der Waals surface area contributed by atoms with E-state index in [1.807, 2.05) is 0 Å². The van der Waals surface area contributed by atoms with Crippen LogP contribution in [0.25, 0.3) is 0 Å². The normalized spacial score (nSPS) is 10.5. The molecule has 0 saturated carbocycles. The maximum Gasteiger partial charge on any atom is 0.271 e. The van der Waals surface area contributed by atoms with Gasteiger partial charge in [-0.25, -0.2) is 5.43 Å². The molecule has 0 aliphatic carbocycles. The molecule has 24 heavy (non-hydrogen) atoms. The van der Waals surface area contributed by atoms with Crippen molar-refractivity contribution in [3.05, 3.63) is 63.7 Å². The second-order valence-electron chi connectivity index (χ2n) is 4.67. The number of hydrogen-bond donors (Lipinski definition) is 2. The number of nitro groups is 1. The highest BCUT2D eigenvalue weighted by atomic mass is 16.6. The van der Waals surface area contributed by atoms with E-state index >= 15 is 0 Å². The molecule has 0 fully saturated rings. The standard InChI is InChI=1S/C16H15N3O5/c1-2-24-15-8-11(6-7-14(15)20)10-17-18-16(21)12-4-3-5-13(9-12)19(22)23/h3-10,20H,2H2,1H3,(H,18,21)/b17-10+. The van der Waals surface area contributed by atoms with Crippen molar-refractivity contribution < 1.29 is 19.6 Å². The molecule has 0 unspecified atom stereocenters. The van der Waals surface area contributed by atoms with Gasteiger partial charge in [0.1, 0.15) is 0 Å². The molecule has 0 saturated heterocycles. The summed E-state index contributed by atoms with van der Waals surface area (Å²) in [5.41, 5.74) is 2.84. The lowest BCUT2D eigenvalue weighted by atomic mass is 10.2. The van der Waals surface area contributed by atoms with Gasteiger partial charge < -0.3 is 9.84 Å². The summed E-state index contributed by atoms with van der Waals surface area (Å²) >= 11 is 0. The lowest BCUT2D eigenvalue weighted by molar-refractivity contribution is -0.384. The number of aromatic hydroxyl groups is 1. The first kappa shape index (κ1) is 16.9. The Morgan fingerprint density at radius 3 is 2.88 bits per heavy atom. The van der Waals surface area contributed by atoms with Crippen LogP contribution in [0, 0.1) is 10.1 Å². The molecule has 2 aromatic rings. The van der Waals surface area contributed by atoms with Gasteiger partial charge in [0.05, 0.1) is 17.7 Å². The van der Waals surface area contributed by atoms with Gasteiger partial charge >= 0.3 is 0 Å². The van der Waals surface area contributed by atoms with Gasteiger partial charge in [-0.3, -0.25) is 14.9 Å². The van der Waals surface area contributed by atoms with Crippen molar-refractivity contribution in [2.45, 2.75) is 6.92 Å². The highest BCUT2D eigenvalue weighted by Gasteiger charge is 2.10. The average molecular weight is 329 g/mol. The average Bonchev–Trinajstić information content (AvgIpc) is 2.58. The van der Waals surface area contributed by atoms with Gasteiger partial charge in [-0.1, -0.05) is 6.07 Å². The summed E-state index contributed by atoms with van der Waals surface area (Å²) in [7, 11) is 0. The topological polar surface area (TPSA) is 114 Å². The summed E-state index contributed by atoms with van der Waals surface area (Å²) < 4.78 is 5.25. The molecule has 8 heteroatoms. The third-order valence-electron chi connectivity index (χ3n) is 2.98. The predicted molar refractivity (Wildman–Crippen MR) is 87.4 cm³/mol. The number of hydrogen-bond acceptors (Lipinski definition) is 6. The quantitative estimate of drug-likeness (QED) is 0.480. The fraction of sp³-hybridized carbons (Fsp3) is 0.125. The molecule has 124 valence electrons. The predicted octanol–water partition coefficient (Wildman–Crippen LogP) is 2.46. The number of carbonyl (C=O) groups excluding carboxylic acids is 1. The van der Waals surface area contributed by atoms with E-state index in [0.29, 0.717) is 17.9 Å². The lowest BCUT2D eigenvalue weighted by Crippen LogP contribution is -2.17. The van der Waals surface area contributed by atoms with E-state index in [1.54, 1.807) is 19.1 Å². The molecule has 0 atom stereocenters. The number of nitrogens with one attached hydrogen (secondary N) is 1. The van der Waals surface area contributed by atoms with Crippen LogP contribution in [0.4, 0.5) is 5.69 Å². The van der Waals surface area contributed by atoms with Crippen molar-refractivity contribution in [1.29, 1.82) is 0 Å². The summed E-state index contributed by atoms with van der Waals surface area (Å²) in [5, 5.41) is 24.1. The molecule has 2 aromatic carbocycles. The molecular formula is C16H15N3O5. The first-order chi connectivity index (χ1) is 11.5. The molecule has 0 aliphatic heterocycles. The van der Waals surface area contributed by atoms with Gasteiger partial charge in [-0.05, 0) is 36.8 Å². The van der Waals surface area contributed by atoms with Crippen LogP contribution in [-0.4, -0.2) is 28.8 Å². The monoisotopic (exact) mass is 329 g/mol. The third-order valence-corrected chi connectivity index (χ3v) is 2.98. The van der Waals surface area contributed by atoms with Crippen LogP contribution in [0.3, 0.4) is 0 Å². The molecule has 1 amide bonds. The van der Waals surface area contributed by atoms with Gasteiger partial charge in [0.2, 0.25) is 0 Å². The molecule has 0 heterocycles. The zero-order valence-electron chi connectivity index (χ0n) is 12.8. The van der Waals surface area contributed by atoms with E-state index < -0.39 is 10.8 Å². The van der Waals surface area contributed by atoms with Crippen LogP contribution in [0.1, 0.15) is 22.8 Å². The van der Waals surface area contributed by atoms with Gasteiger partial charge in [-0.15, -0.1) is 0 Å². The number of nitrogens with zero attached hydrogens (tertiary/aromatic N) is 2. The molecule has 2 rings (SSSR count). The van der Waals surface area contributed by atoms with Crippen molar-refractivity contribution in [2.75, 3.05) is 6.61 Å². The summed E-state index contributed by atoms with van der Waals surface area (Å²) in [6.45, 7) is 2.19. The minimum Gasteiger partial charge on any atom is -0.504 e. The third kappa shape index (κ3) is 4.29. The Hall–Kier alpha value is -3.42. The van der Waals surface area contributed by atoms with Gasteiger partial charge in [0.25, 0.3) is 11.6 Å². The molecule has 2 N–H and O–H groups in total. The first-order valence-electron chi connectivity index (χ1n) is 7.05. The van der Waals surface area contributed by atoms with E-state index in [0.717, 1.165) is 0 Å². The molecule has 0 radical (unpaired) electrons. The van der Waals surface area contributed by atoms with Crippen LogP contribution in [0.15, 0.2) is 47.6 Å². The number of ether oxygens (including phenoxy) is 1. The van der Waals surface area contributed by atoms with Crippen molar-refractivity contribution in [3.63, 3.8) is 0 Å².